The third kappa shape index (κ3) is 1.81. The van der Waals surface area contributed by atoms with Crippen LogP contribution >= 0.6 is 15.9 Å². The Kier molecular flexibility index (Phi) is 2.48. The van der Waals surface area contributed by atoms with Gasteiger partial charge in [0, 0.05) is 6.20 Å². The molecule has 0 aliphatic carbocycles. The van der Waals surface area contributed by atoms with E-state index in [2.05, 4.69) is 20.9 Å². The molecule has 0 aromatic carbocycles. The molecule has 0 saturated heterocycles. The van der Waals surface area contributed by atoms with E-state index in [-0.39, 0.29) is 4.60 Å². The molecular formula is C6H5BrFNO2S. The van der Waals surface area contributed by atoms with Crippen molar-refractivity contribution in [3.05, 3.63) is 22.4 Å². The molecule has 0 atom stereocenters. The Hall–Kier alpha value is -0.490. The second-order valence-corrected chi connectivity index (χ2v) is 4.22. The van der Waals surface area contributed by atoms with E-state index in [0.717, 1.165) is 0 Å². The van der Waals surface area contributed by atoms with E-state index in [0.29, 0.717) is 5.56 Å². The fourth-order valence-electron chi connectivity index (χ4n) is 0.804. The number of aryl methyl sites for hydroxylation is 1. The minimum Gasteiger partial charge on any atom is -0.248 e. The van der Waals surface area contributed by atoms with E-state index in [9.17, 15) is 12.3 Å². The lowest BCUT2D eigenvalue weighted by Crippen LogP contribution is -1.98. The first kappa shape index (κ1) is 9.60. The quantitative estimate of drug-likeness (QED) is 0.567. The second-order valence-electron chi connectivity index (χ2n) is 2.19. The molecule has 0 unspecified atom stereocenters. The third-order valence-corrected chi connectivity index (χ3v) is 3.17. The van der Waals surface area contributed by atoms with E-state index < -0.39 is 15.1 Å². The number of pyridine rings is 1. The summed E-state index contributed by atoms with van der Waals surface area (Å²) in [6.07, 6.45) is 1.40. The molecule has 3 nitrogen and oxygen atoms in total. The van der Waals surface area contributed by atoms with Gasteiger partial charge in [0.1, 0.15) is 9.50 Å². The molecule has 12 heavy (non-hydrogen) atoms. The largest absolute Gasteiger partial charge is 0.335 e. The third-order valence-electron chi connectivity index (χ3n) is 1.30. The summed E-state index contributed by atoms with van der Waals surface area (Å²) in [6, 6.07) is 1.43. The molecule has 1 aromatic rings. The highest BCUT2D eigenvalue weighted by Gasteiger charge is 2.19. The Morgan fingerprint density at radius 3 is 2.50 bits per heavy atom. The van der Waals surface area contributed by atoms with Gasteiger partial charge in [-0.05, 0) is 34.5 Å². The summed E-state index contributed by atoms with van der Waals surface area (Å²) < 4.78 is 33.6. The summed E-state index contributed by atoms with van der Waals surface area (Å²) in [5.74, 6) is 0. The summed E-state index contributed by atoms with van der Waals surface area (Å²) >= 11 is 2.85. The van der Waals surface area contributed by atoms with E-state index in [1.165, 1.54) is 19.2 Å². The number of nitrogens with zero attached hydrogens (tertiary/aromatic N) is 1. The van der Waals surface area contributed by atoms with Gasteiger partial charge in [0.15, 0.2) is 0 Å². The molecule has 1 heterocycles. The highest BCUT2D eigenvalue weighted by atomic mass is 79.9. The average Bonchev–Trinajstić information content (AvgIpc) is 1.82. The van der Waals surface area contributed by atoms with Crippen molar-refractivity contribution in [1.29, 1.82) is 0 Å². The number of halogens is 2. The molecule has 0 bridgehead atoms. The van der Waals surface area contributed by atoms with Crippen LogP contribution in [-0.2, 0) is 10.2 Å². The predicted octanol–water partition coefficient (Wildman–Crippen LogP) is 1.81. The SMILES string of the molecule is Cc1ccnc(Br)c1S(=O)(=O)F. The van der Waals surface area contributed by atoms with Crippen LogP contribution in [-0.4, -0.2) is 13.4 Å². The molecule has 0 aliphatic heterocycles. The second kappa shape index (κ2) is 3.10. The summed E-state index contributed by atoms with van der Waals surface area (Å²) in [5, 5.41) is 0. The topological polar surface area (TPSA) is 47.0 Å². The van der Waals surface area contributed by atoms with E-state index in [1.807, 2.05) is 0 Å². The molecule has 0 amide bonds. The molecule has 0 saturated carbocycles. The molecule has 6 heteroatoms. The van der Waals surface area contributed by atoms with Gasteiger partial charge in [0.05, 0.1) is 0 Å². The zero-order chi connectivity index (χ0) is 9.35. The number of hydrogen-bond donors (Lipinski definition) is 0. The maximum absolute atomic E-state index is 12.5. The van der Waals surface area contributed by atoms with Crippen LogP contribution in [0.2, 0.25) is 0 Å². The van der Waals surface area contributed by atoms with Gasteiger partial charge in [-0.15, -0.1) is 3.89 Å². The first-order valence-electron chi connectivity index (χ1n) is 2.98. The zero-order valence-corrected chi connectivity index (χ0v) is 8.49. The molecule has 0 fully saturated rings. The Morgan fingerprint density at radius 1 is 1.58 bits per heavy atom. The van der Waals surface area contributed by atoms with Gasteiger partial charge in [0.2, 0.25) is 0 Å². The van der Waals surface area contributed by atoms with Crippen molar-refractivity contribution in [2.45, 2.75) is 11.8 Å². The van der Waals surface area contributed by atoms with Crippen molar-refractivity contribution < 1.29 is 12.3 Å². The minimum absolute atomic E-state index is 0.00463. The van der Waals surface area contributed by atoms with Gasteiger partial charge in [-0.2, -0.15) is 8.42 Å². The molecule has 0 N–H and O–H groups in total. The van der Waals surface area contributed by atoms with Gasteiger partial charge in [-0.1, -0.05) is 0 Å². The fraction of sp³-hybridized carbons (Fsp3) is 0.167. The van der Waals surface area contributed by atoms with Crippen molar-refractivity contribution in [3.63, 3.8) is 0 Å². The fourth-order valence-corrected chi connectivity index (χ4v) is 2.52. The zero-order valence-electron chi connectivity index (χ0n) is 6.08. The lowest BCUT2D eigenvalue weighted by Gasteiger charge is -2.00. The molecule has 0 aliphatic rings. The Balaban J connectivity index is 3.53. The van der Waals surface area contributed by atoms with Crippen LogP contribution in [0.1, 0.15) is 5.56 Å². The number of aromatic nitrogens is 1. The van der Waals surface area contributed by atoms with Gasteiger partial charge >= 0.3 is 10.2 Å². The van der Waals surface area contributed by atoms with Crippen molar-refractivity contribution in [2.24, 2.45) is 0 Å². The van der Waals surface area contributed by atoms with E-state index in [1.54, 1.807) is 0 Å². The maximum Gasteiger partial charge on any atom is 0.335 e. The van der Waals surface area contributed by atoms with Crippen LogP contribution in [0.4, 0.5) is 3.89 Å². The van der Waals surface area contributed by atoms with Crippen LogP contribution in [0, 0.1) is 6.92 Å². The van der Waals surface area contributed by atoms with Crippen molar-refractivity contribution in [1.82, 2.24) is 4.98 Å². The smallest absolute Gasteiger partial charge is 0.248 e. The summed E-state index contributed by atoms with van der Waals surface area (Å²) in [5.41, 5.74) is 0.333. The standard InChI is InChI=1S/C6H5BrFNO2S/c1-4-2-3-9-6(7)5(4)12(8,10)11/h2-3H,1H3. The lowest BCUT2D eigenvalue weighted by atomic mass is 10.3. The summed E-state index contributed by atoms with van der Waals surface area (Å²) in [4.78, 5) is 3.21. The Labute approximate surface area is 78.0 Å². The lowest BCUT2D eigenvalue weighted by molar-refractivity contribution is 0.550. The van der Waals surface area contributed by atoms with Crippen molar-refractivity contribution >= 4 is 26.2 Å². The van der Waals surface area contributed by atoms with Gasteiger partial charge < -0.3 is 0 Å². The molecular weight excluding hydrogens is 249 g/mol. The van der Waals surface area contributed by atoms with Crippen LogP contribution < -0.4 is 0 Å². The normalized spacial score (nSPS) is 11.6. The van der Waals surface area contributed by atoms with Crippen LogP contribution in [0.5, 0.6) is 0 Å². The predicted molar refractivity (Wildman–Crippen MR) is 45.0 cm³/mol. The molecule has 1 aromatic heterocycles. The van der Waals surface area contributed by atoms with Crippen LogP contribution in [0.25, 0.3) is 0 Å². The van der Waals surface area contributed by atoms with Crippen LogP contribution in [0.3, 0.4) is 0 Å². The van der Waals surface area contributed by atoms with Gasteiger partial charge in [-0.25, -0.2) is 4.98 Å². The van der Waals surface area contributed by atoms with Crippen molar-refractivity contribution in [3.8, 4) is 0 Å². The van der Waals surface area contributed by atoms with Gasteiger partial charge in [0.25, 0.3) is 0 Å². The molecule has 0 spiro atoms. The summed E-state index contributed by atoms with van der Waals surface area (Å²) in [7, 11) is -4.67. The highest BCUT2D eigenvalue weighted by molar-refractivity contribution is 9.10. The number of rotatable bonds is 1. The maximum atomic E-state index is 12.5. The van der Waals surface area contributed by atoms with Gasteiger partial charge in [-0.3, -0.25) is 0 Å². The minimum atomic E-state index is -4.67. The molecule has 66 valence electrons. The monoisotopic (exact) mass is 253 g/mol. The molecule has 0 radical (unpaired) electrons. The average molecular weight is 254 g/mol. The van der Waals surface area contributed by atoms with E-state index in [4.69, 9.17) is 0 Å². The first-order chi connectivity index (χ1) is 5.43. The first-order valence-corrected chi connectivity index (χ1v) is 5.16. The van der Waals surface area contributed by atoms with E-state index >= 15 is 0 Å². The van der Waals surface area contributed by atoms with Crippen molar-refractivity contribution in [2.75, 3.05) is 0 Å². The Morgan fingerprint density at radius 2 is 2.17 bits per heavy atom. The highest BCUT2D eigenvalue weighted by Crippen LogP contribution is 2.24. The van der Waals surface area contributed by atoms with Crippen LogP contribution in [0.15, 0.2) is 21.8 Å². The Bertz CT molecular complexity index is 384. The summed E-state index contributed by atoms with van der Waals surface area (Å²) in [6.45, 7) is 1.50. The molecule has 1 rings (SSSR count). The number of hydrogen-bond acceptors (Lipinski definition) is 3.